The first-order chi connectivity index (χ1) is 12.2. The highest BCUT2D eigenvalue weighted by Crippen LogP contribution is 2.23. The zero-order chi connectivity index (χ0) is 17.5. The summed E-state index contributed by atoms with van der Waals surface area (Å²) in [5.41, 5.74) is 0.645. The molecule has 1 heterocycles. The second kappa shape index (κ2) is 8.17. The van der Waals surface area contributed by atoms with Crippen LogP contribution in [0.15, 0.2) is 72.9 Å². The second-order valence-electron chi connectivity index (χ2n) is 5.07. The van der Waals surface area contributed by atoms with Crippen molar-refractivity contribution in [2.24, 2.45) is 0 Å². The maximum atomic E-state index is 11.9. The first-order valence-corrected chi connectivity index (χ1v) is 7.94. The third-order valence-corrected chi connectivity index (χ3v) is 3.48. The Morgan fingerprint density at radius 1 is 0.960 bits per heavy atom. The van der Waals surface area contributed by atoms with E-state index in [1.807, 2.05) is 30.3 Å². The van der Waals surface area contributed by atoms with Gasteiger partial charge in [0.2, 0.25) is 0 Å². The lowest BCUT2D eigenvalue weighted by Gasteiger charge is -2.09. The molecule has 0 saturated heterocycles. The summed E-state index contributed by atoms with van der Waals surface area (Å²) in [5.74, 6) is 1.51. The standard InChI is InChI=1S/C19H15ClN2O3/c20-19-17(7-4-12-21-19)24-13-18(23)22-14-8-10-16(11-9-14)25-15-5-2-1-3-6-15/h1-12H,13H2,(H,22,23). The summed E-state index contributed by atoms with van der Waals surface area (Å²) in [7, 11) is 0. The van der Waals surface area contributed by atoms with Gasteiger partial charge in [-0.25, -0.2) is 4.98 Å². The van der Waals surface area contributed by atoms with Gasteiger partial charge < -0.3 is 14.8 Å². The number of nitrogens with one attached hydrogen (secondary N) is 1. The number of ether oxygens (including phenoxy) is 2. The topological polar surface area (TPSA) is 60.5 Å². The molecular weight excluding hydrogens is 340 g/mol. The summed E-state index contributed by atoms with van der Waals surface area (Å²) in [5, 5.41) is 2.96. The first-order valence-electron chi connectivity index (χ1n) is 7.57. The Hall–Kier alpha value is -3.05. The molecule has 0 radical (unpaired) electrons. The summed E-state index contributed by atoms with van der Waals surface area (Å²) in [6.45, 7) is -0.159. The van der Waals surface area contributed by atoms with E-state index in [-0.39, 0.29) is 17.7 Å². The van der Waals surface area contributed by atoms with Gasteiger partial charge in [-0.05, 0) is 48.5 Å². The summed E-state index contributed by atoms with van der Waals surface area (Å²) >= 11 is 5.87. The van der Waals surface area contributed by atoms with Crippen LogP contribution >= 0.6 is 11.6 Å². The molecule has 6 heteroatoms. The molecule has 0 fully saturated rings. The number of carbonyl (C=O) groups excluding carboxylic acids is 1. The molecule has 0 bridgehead atoms. The largest absolute Gasteiger partial charge is 0.481 e. The van der Waals surface area contributed by atoms with Crippen LogP contribution in [0.4, 0.5) is 5.69 Å². The van der Waals surface area contributed by atoms with E-state index < -0.39 is 0 Å². The summed E-state index contributed by atoms with van der Waals surface area (Å²) in [6, 6.07) is 19.9. The molecule has 1 aromatic heterocycles. The second-order valence-corrected chi connectivity index (χ2v) is 5.43. The van der Waals surface area contributed by atoms with E-state index in [0.29, 0.717) is 17.2 Å². The Morgan fingerprint density at radius 2 is 1.68 bits per heavy atom. The molecule has 126 valence electrons. The fourth-order valence-corrected chi connectivity index (χ4v) is 2.22. The minimum atomic E-state index is -0.295. The maximum absolute atomic E-state index is 11.9. The van der Waals surface area contributed by atoms with Crippen molar-refractivity contribution in [3.8, 4) is 17.2 Å². The molecule has 1 amide bonds. The van der Waals surface area contributed by atoms with Gasteiger partial charge in [0.25, 0.3) is 5.91 Å². The molecule has 25 heavy (non-hydrogen) atoms. The number of benzene rings is 2. The number of hydrogen-bond acceptors (Lipinski definition) is 4. The van der Waals surface area contributed by atoms with Crippen LogP contribution in [0.1, 0.15) is 0 Å². The molecule has 0 aliphatic carbocycles. The molecule has 3 rings (SSSR count). The summed E-state index contributed by atoms with van der Waals surface area (Å²) in [6.07, 6.45) is 1.55. The van der Waals surface area contributed by atoms with Crippen molar-refractivity contribution in [1.82, 2.24) is 4.98 Å². The Kier molecular flexibility index (Phi) is 5.49. The maximum Gasteiger partial charge on any atom is 0.262 e. The van der Waals surface area contributed by atoms with Crippen molar-refractivity contribution in [3.05, 3.63) is 78.1 Å². The number of rotatable bonds is 6. The molecule has 0 spiro atoms. The highest BCUT2D eigenvalue weighted by molar-refractivity contribution is 6.30. The van der Waals surface area contributed by atoms with Crippen molar-refractivity contribution in [3.63, 3.8) is 0 Å². The fourth-order valence-electron chi connectivity index (χ4n) is 2.05. The molecule has 0 aliphatic rings. The predicted molar refractivity (Wildman–Crippen MR) is 96.3 cm³/mol. The zero-order valence-electron chi connectivity index (χ0n) is 13.2. The van der Waals surface area contributed by atoms with Gasteiger partial charge in [0.05, 0.1) is 0 Å². The molecular formula is C19H15ClN2O3. The monoisotopic (exact) mass is 354 g/mol. The van der Waals surface area contributed by atoms with Crippen molar-refractivity contribution in [2.45, 2.75) is 0 Å². The van der Waals surface area contributed by atoms with Crippen molar-refractivity contribution in [1.29, 1.82) is 0 Å². The van der Waals surface area contributed by atoms with Gasteiger partial charge in [-0.1, -0.05) is 29.8 Å². The molecule has 0 atom stereocenters. The highest BCUT2D eigenvalue weighted by atomic mass is 35.5. The number of anilines is 1. The lowest BCUT2D eigenvalue weighted by Crippen LogP contribution is -2.20. The Balaban J connectivity index is 1.52. The van der Waals surface area contributed by atoms with Gasteiger partial charge in [0.1, 0.15) is 11.5 Å². The third-order valence-electron chi connectivity index (χ3n) is 3.20. The van der Waals surface area contributed by atoms with Crippen LogP contribution in [0.2, 0.25) is 5.15 Å². The van der Waals surface area contributed by atoms with Crippen LogP contribution in [0, 0.1) is 0 Å². The molecule has 3 aromatic rings. The number of halogens is 1. The molecule has 0 aliphatic heterocycles. The number of amides is 1. The van der Waals surface area contributed by atoms with E-state index in [0.717, 1.165) is 5.75 Å². The van der Waals surface area contributed by atoms with Crippen LogP contribution in [0.3, 0.4) is 0 Å². The smallest absolute Gasteiger partial charge is 0.262 e. The van der Waals surface area contributed by atoms with Gasteiger partial charge in [-0.2, -0.15) is 0 Å². The number of aromatic nitrogens is 1. The lowest BCUT2D eigenvalue weighted by molar-refractivity contribution is -0.118. The van der Waals surface area contributed by atoms with E-state index in [1.54, 1.807) is 42.6 Å². The van der Waals surface area contributed by atoms with E-state index in [4.69, 9.17) is 21.1 Å². The quantitative estimate of drug-likeness (QED) is 0.660. The van der Waals surface area contributed by atoms with Crippen LogP contribution in [0.5, 0.6) is 17.2 Å². The van der Waals surface area contributed by atoms with E-state index >= 15 is 0 Å². The van der Waals surface area contributed by atoms with Gasteiger partial charge >= 0.3 is 0 Å². The molecule has 2 aromatic carbocycles. The number of para-hydroxylation sites is 1. The molecule has 5 nitrogen and oxygen atoms in total. The lowest BCUT2D eigenvalue weighted by atomic mass is 10.3. The average molecular weight is 355 g/mol. The highest BCUT2D eigenvalue weighted by Gasteiger charge is 2.07. The van der Waals surface area contributed by atoms with E-state index in [2.05, 4.69) is 10.3 Å². The van der Waals surface area contributed by atoms with Crippen LogP contribution in [-0.4, -0.2) is 17.5 Å². The zero-order valence-corrected chi connectivity index (χ0v) is 13.9. The number of carbonyl (C=O) groups is 1. The molecule has 0 saturated carbocycles. The molecule has 1 N–H and O–H groups in total. The normalized spacial score (nSPS) is 10.1. The van der Waals surface area contributed by atoms with Gasteiger partial charge in [-0.3, -0.25) is 4.79 Å². The minimum Gasteiger partial charge on any atom is -0.481 e. The Labute approximate surface area is 150 Å². The van der Waals surface area contributed by atoms with Crippen molar-refractivity contribution in [2.75, 3.05) is 11.9 Å². The fraction of sp³-hybridized carbons (Fsp3) is 0.0526. The van der Waals surface area contributed by atoms with E-state index in [9.17, 15) is 4.79 Å². The third kappa shape index (κ3) is 4.96. The SMILES string of the molecule is O=C(COc1cccnc1Cl)Nc1ccc(Oc2ccccc2)cc1. The van der Waals surface area contributed by atoms with Crippen LogP contribution in [0.25, 0.3) is 0 Å². The Morgan fingerprint density at radius 3 is 2.40 bits per heavy atom. The predicted octanol–water partition coefficient (Wildman–Crippen LogP) is 4.54. The number of hydrogen-bond donors (Lipinski definition) is 1. The van der Waals surface area contributed by atoms with Crippen molar-refractivity contribution >= 4 is 23.2 Å². The first kappa shape index (κ1) is 16.8. The summed E-state index contributed by atoms with van der Waals surface area (Å²) in [4.78, 5) is 15.8. The minimum absolute atomic E-state index is 0.159. The van der Waals surface area contributed by atoms with Gasteiger partial charge in [-0.15, -0.1) is 0 Å². The number of pyridine rings is 1. The number of nitrogens with zero attached hydrogens (tertiary/aromatic N) is 1. The van der Waals surface area contributed by atoms with Gasteiger partial charge in [0, 0.05) is 11.9 Å². The van der Waals surface area contributed by atoms with Crippen LogP contribution < -0.4 is 14.8 Å². The average Bonchev–Trinajstić information content (AvgIpc) is 2.64. The Bertz CT molecular complexity index is 839. The summed E-state index contributed by atoms with van der Waals surface area (Å²) < 4.78 is 11.0. The molecule has 0 unspecified atom stereocenters. The van der Waals surface area contributed by atoms with Gasteiger partial charge in [0.15, 0.2) is 17.5 Å². The van der Waals surface area contributed by atoms with Crippen LogP contribution in [-0.2, 0) is 4.79 Å². The van der Waals surface area contributed by atoms with Crippen molar-refractivity contribution < 1.29 is 14.3 Å². The van der Waals surface area contributed by atoms with E-state index in [1.165, 1.54) is 0 Å².